The number of rotatable bonds is 3. The number of likely N-dealkylation sites (tertiary alicyclic amines) is 2. The molecule has 39 heavy (non-hydrogen) atoms. The second-order valence-electron chi connectivity index (χ2n) is 13.4. The van der Waals surface area contributed by atoms with Gasteiger partial charge in [-0.3, -0.25) is 19.2 Å². The Morgan fingerprint density at radius 3 is 2.26 bits per heavy atom. The summed E-state index contributed by atoms with van der Waals surface area (Å²) in [5.41, 5.74) is -3.31. The van der Waals surface area contributed by atoms with E-state index in [1.807, 2.05) is 41.5 Å². The van der Waals surface area contributed by atoms with E-state index < -0.39 is 64.1 Å². The van der Waals surface area contributed by atoms with Gasteiger partial charge in [0.15, 0.2) is 12.3 Å². The summed E-state index contributed by atoms with van der Waals surface area (Å²) >= 11 is 0. The molecule has 0 unspecified atom stereocenters. The highest BCUT2D eigenvalue weighted by Gasteiger charge is 2.87. The van der Waals surface area contributed by atoms with Crippen LogP contribution >= 0.6 is 0 Å². The molecule has 5 rings (SSSR count). The van der Waals surface area contributed by atoms with Gasteiger partial charge in [0.2, 0.25) is 0 Å². The Bertz CT molecular complexity index is 1160. The minimum Gasteiger partial charge on any atom is -0.457 e. The van der Waals surface area contributed by atoms with Crippen molar-refractivity contribution in [3.8, 4) is 0 Å². The van der Waals surface area contributed by atoms with Crippen molar-refractivity contribution in [3.05, 3.63) is 11.6 Å². The fourth-order valence-corrected chi connectivity index (χ4v) is 7.25. The molecule has 11 nitrogen and oxygen atoms in total. The number of esters is 3. The van der Waals surface area contributed by atoms with Gasteiger partial charge in [0, 0.05) is 26.6 Å². The van der Waals surface area contributed by atoms with Crippen molar-refractivity contribution in [2.45, 2.75) is 91.8 Å². The van der Waals surface area contributed by atoms with Crippen LogP contribution < -0.4 is 0 Å². The van der Waals surface area contributed by atoms with Crippen LogP contribution in [-0.4, -0.2) is 83.4 Å². The third-order valence-corrected chi connectivity index (χ3v) is 8.66. The molecule has 0 radical (unpaired) electrons. The molecule has 5 aliphatic rings. The van der Waals surface area contributed by atoms with Crippen molar-refractivity contribution in [2.24, 2.45) is 22.2 Å². The first-order valence-electron chi connectivity index (χ1n) is 13.6. The molecule has 2 spiro atoms. The van der Waals surface area contributed by atoms with E-state index in [1.54, 1.807) is 11.0 Å². The van der Waals surface area contributed by atoms with Crippen LogP contribution in [0, 0.1) is 22.2 Å². The predicted molar refractivity (Wildman–Crippen MR) is 135 cm³/mol. The summed E-state index contributed by atoms with van der Waals surface area (Å²) in [7, 11) is 0. The van der Waals surface area contributed by atoms with Crippen LogP contribution in [0.5, 0.6) is 0 Å². The van der Waals surface area contributed by atoms with E-state index >= 15 is 0 Å². The maximum atomic E-state index is 14.1. The van der Waals surface area contributed by atoms with Crippen LogP contribution in [0.1, 0.15) is 67.7 Å². The smallest absolute Gasteiger partial charge is 0.410 e. The fraction of sp³-hybridized carbons (Fsp3) is 0.750. The average molecular weight is 547 g/mol. The number of hydrogen-bond donors (Lipinski definition) is 0. The molecule has 4 heterocycles. The Morgan fingerprint density at radius 1 is 1.05 bits per heavy atom. The maximum absolute atomic E-state index is 14.1. The third-order valence-electron chi connectivity index (χ3n) is 8.66. The largest absolute Gasteiger partial charge is 0.457 e. The number of hydrogen-bond acceptors (Lipinski definition) is 9. The molecule has 11 heteroatoms. The quantitative estimate of drug-likeness (QED) is 0.298. The molecule has 0 aromatic rings. The Morgan fingerprint density at radius 2 is 1.69 bits per heavy atom. The van der Waals surface area contributed by atoms with Crippen molar-refractivity contribution in [1.82, 2.24) is 9.80 Å². The zero-order valence-electron chi connectivity index (χ0n) is 23.7. The number of nitrogens with zero attached hydrogens (tertiary/aromatic N) is 2. The maximum Gasteiger partial charge on any atom is 0.410 e. The molecule has 4 saturated heterocycles. The normalized spacial score (nSPS) is 34.3. The first-order valence-corrected chi connectivity index (χ1v) is 13.6. The Kier molecular flexibility index (Phi) is 6.12. The number of piperidine rings is 1. The molecule has 0 bridgehead atoms. The van der Waals surface area contributed by atoms with Gasteiger partial charge in [0.1, 0.15) is 22.5 Å². The lowest BCUT2D eigenvalue weighted by Gasteiger charge is -2.43. The highest BCUT2D eigenvalue weighted by atomic mass is 16.6. The summed E-state index contributed by atoms with van der Waals surface area (Å²) < 4.78 is 22.8. The van der Waals surface area contributed by atoms with Gasteiger partial charge in [-0.1, -0.05) is 20.8 Å². The van der Waals surface area contributed by atoms with Gasteiger partial charge in [-0.25, -0.2) is 4.79 Å². The summed E-state index contributed by atoms with van der Waals surface area (Å²) in [5, 5.41) is 0. The fourth-order valence-electron chi connectivity index (χ4n) is 7.25. The summed E-state index contributed by atoms with van der Waals surface area (Å²) in [5.74, 6) is -2.27. The highest BCUT2D eigenvalue weighted by Crippen LogP contribution is 2.72. The molecular formula is C28H38N2O9. The van der Waals surface area contributed by atoms with Gasteiger partial charge in [-0.05, 0) is 56.6 Å². The Balaban J connectivity index is 1.47. The first-order chi connectivity index (χ1) is 18.0. The zero-order valence-corrected chi connectivity index (χ0v) is 23.7. The minimum absolute atomic E-state index is 0.0109. The van der Waals surface area contributed by atoms with Gasteiger partial charge in [-0.15, -0.1) is 0 Å². The first kappa shape index (κ1) is 27.5. The zero-order chi connectivity index (χ0) is 28.7. The van der Waals surface area contributed by atoms with E-state index in [1.165, 1.54) is 11.8 Å². The van der Waals surface area contributed by atoms with Crippen molar-refractivity contribution < 1.29 is 42.9 Å². The Labute approximate surface area is 228 Å². The molecular weight excluding hydrogens is 508 g/mol. The van der Waals surface area contributed by atoms with Crippen LogP contribution in [0.15, 0.2) is 11.6 Å². The molecule has 214 valence electrons. The minimum atomic E-state index is -1.48. The average Bonchev–Trinajstić information content (AvgIpc) is 3.42. The number of carbonyl (C=O) groups is 5. The third kappa shape index (κ3) is 3.94. The van der Waals surface area contributed by atoms with Crippen LogP contribution in [0.4, 0.5) is 4.79 Å². The van der Waals surface area contributed by atoms with Crippen LogP contribution in [0.2, 0.25) is 0 Å². The van der Waals surface area contributed by atoms with E-state index in [0.29, 0.717) is 31.5 Å². The molecule has 5 atom stereocenters. The van der Waals surface area contributed by atoms with Crippen molar-refractivity contribution in [2.75, 3.05) is 19.6 Å². The van der Waals surface area contributed by atoms with E-state index in [9.17, 15) is 24.0 Å². The summed E-state index contributed by atoms with van der Waals surface area (Å²) in [6.07, 6.45) is -0.908. The molecule has 0 saturated carbocycles. The van der Waals surface area contributed by atoms with Crippen LogP contribution in [0.3, 0.4) is 0 Å². The highest BCUT2D eigenvalue weighted by molar-refractivity contribution is 5.99. The molecule has 2 amide bonds. The Hall–Kier alpha value is -3.11. The van der Waals surface area contributed by atoms with Crippen molar-refractivity contribution >= 4 is 29.9 Å². The lowest BCUT2D eigenvalue weighted by atomic mass is 9.56. The molecule has 0 aromatic heterocycles. The molecule has 4 aliphatic heterocycles. The molecule has 1 aliphatic carbocycles. The molecule has 4 fully saturated rings. The second kappa shape index (κ2) is 8.69. The van der Waals surface area contributed by atoms with Gasteiger partial charge in [0.25, 0.3) is 5.91 Å². The lowest BCUT2D eigenvalue weighted by Crippen LogP contribution is -2.55. The predicted octanol–water partition coefficient (Wildman–Crippen LogP) is 2.56. The summed E-state index contributed by atoms with van der Waals surface area (Å²) in [6.45, 7) is 13.7. The van der Waals surface area contributed by atoms with Crippen molar-refractivity contribution in [1.29, 1.82) is 0 Å². The van der Waals surface area contributed by atoms with E-state index in [0.717, 1.165) is 0 Å². The van der Waals surface area contributed by atoms with E-state index in [4.69, 9.17) is 18.9 Å². The number of amides is 2. The van der Waals surface area contributed by atoms with E-state index in [-0.39, 0.29) is 25.0 Å². The molecule has 0 N–H and O–H groups in total. The van der Waals surface area contributed by atoms with Gasteiger partial charge in [-0.2, -0.15) is 0 Å². The van der Waals surface area contributed by atoms with Gasteiger partial charge >= 0.3 is 24.0 Å². The monoisotopic (exact) mass is 546 g/mol. The SMILES string of the molecule is CC(=O)O[C@H]1C(=O)N(CC2CCN(C(=O)OC(C)(C)C)CC2)[C@H]2OC(=O)[C@]34CC(=O)O[C@H]3C=C(C(C)(C)C)[C@@]214. The van der Waals surface area contributed by atoms with Crippen molar-refractivity contribution in [3.63, 3.8) is 0 Å². The van der Waals surface area contributed by atoms with Gasteiger partial charge < -0.3 is 28.7 Å². The van der Waals surface area contributed by atoms with E-state index in [2.05, 4.69) is 0 Å². The number of carbonyl (C=O) groups excluding carboxylic acids is 5. The van der Waals surface area contributed by atoms with Crippen LogP contribution in [0.25, 0.3) is 0 Å². The summed E-state index contributed by atoms with van der Waals surface area (Å²) in [6, 6.07) is 0. The van der Waals surface area contributed by atoms with Gasteiger partial charge in [0.05, 0.1) is 6.42 Å². The lowest BCUT2D eigenvalue weighted by molar-refractivity contribution is -0.167. The standard InChI is InChI=1S/C28H38N2O9/c1-15(31)36-20-21(33)30(14-16-8-10-29(11-9-16)24(35)39-26(5,6)7)22-28(20)17(25(2,3)4)12-18-27(28,23(34)38-22)13-19(32)37-18/h12,16,18,20,22H,8-11,13-14H2,1-7H3/t18-,20-,22-,27-,28-/m0/s1. The number of ether oxygens (including phenoxy) is 4. The molecule has 0 aromatic carbocycles. The van der Waals surface area contributed by atoms with Crippen LogP contribution in [-0.2, 0) is 38.1 Å². The second-order valence-corrected chi connectivity index (χ2v) is 13.4. The topological polar surface area (TPSA) is 129 Å². The summed E-state index contributed by atoms with van der Waals surface area (Å²) in [4.78, 5) is 68.3.